The monoisotopic (exact) mass is 1080 g/mol. The second-order valence-electron chi connectivity index (χ2n) is 20.2. The number of nitrogens with one attached hydrogen (secondary N) is 3. The number of aliphatic hydroxyl groups is 8. The molecular weight excluding hydrogens is 1010 g/mol. The van der Waals surface area contributed by atoms with E-state index in [1.165, 1.54) is 30.7 Å². The summed E-state index contributed by atoms with van der Waals surface area (Å²) in [6, 6.07) is 1.45. The highest BCUT2D eigenvalue weighted by molar-refractivity contribution is 5.95. The smallest absolute Gasteiger partial charge is 0.364 e. The topological polar surface area (TPSA) is 410 Å². The van der Waals surface area contributed by atoms with Gasteiger partial charge in [-0.15, -0.1) is 5.10 Å². The van der Waals surface area contributed by atoms with Crippen molar-refractivity contribution in [2.24, 2.45) is 5.92 Å². The number of aliphatic hydroxyl groups excluding tert-OH is 8. The summed E-state index contributed by atoms with van der Waals surface area (Å²) in [4.78, 5) is 63.4. The number of ether oxygens (including phenoxy) is 6. The summed E-state index contributed by atoms with van der Waals surface area (Å²) in [5.41, 5.74) is 1.74. The number of hydrogen-bond acceptors (Lipinski definition) is 22. The number of hydrogen-bond donors (Lipinski definition) is 13. The number of ketones is 1. The zero-order valence-corrected chi connectivity index (χ0v) is 42.9. The number of carboxylic acid groups (broad SMARTS) is 1. The number of Topliss-reactive ketones (excluding diaryl/α,β-unsaturated/α-hetero) is 1. The number of amides is 3. The van der Waals surface area contributed by atoms with E-state index in [-0.39, 0.29) is 61.5 Å². The lowest BCUT2D eigenvalue weighted by Crippen LogP contribution is -2.67. The van der Waals surface area contributed by atoms with Gasteiger partial charge in [-0.05, 0) is 63.3 Å². The molecule has 0 radical (unpaired) electrons. The molecule has 16 atom stereocenters. The van der Waals surface area contributed by atoms with Crippen molar-refractivity contribution >= 4 is 29.5 Å². The van der Waals surface area contributed by atoms with E-state index in [1.807, 2.05) is 0 Å². The Labute approximate surface area is 437 Å². The van der Waals surface area contributed by atoms with Crippen molar-refractivity contribution in [2.75, 3.05) is 32.9 Å². The van der Waals surface area contributed by atoms with Crippen molar-refractivity contribution in [3.05, 3.63) is 40.7 Å². The molecule has 3 saturated heterocycles. The zero-order chi connectivity index (χ0) is 55.6. The maximum absolute atomic E-state index is 13.7. The average molecular weight is 1080 g/mol. The molecule has 12 unspecified atom stereocenters. The van der Waals surface area contributed by atoms with E-state index in [2.05, 4.69) is 26.3 Å². The molecule has 27 nitrogen and oxygen atoms in total. The number of rotatable bonds is 24. The number of phenolic OH excluding ortho intramolecular Hbond substituents is 1. The molecule has 4 fully saturated rings. The van der Waals surface area contributed by atoms with Gasteiger partial charge in [-0.1, -0.05) is 31.4 Å². The summed E-state index contributed by atoms with van der Waals surface area (Å²) in [6.45, 7) is 3.12. The van der Waals surface area contributed by atoms with Gasteiger partial charge in [0.2, 0.25) is 11.8 Å². The molecule has 1 aromatic carbocycles. The highest BCUT2D eigenvalue weighted by Crippen LogP contribution is 2.38. The van der Waals surface area contributed by atoms with Crippen molar-refractivity contribution in [3.8, 4) is 5.75 Å². The Morgan fingerprint density at radius 2 is 1.55 bits per heavy atom. The molecule has 13 N–H and O–H groups in total. The van der Waals surface area contributed by atoms with Crippen LogP contribution >= 0.6 is 0 Å². The van der Waals surface area contributed by atoms with Crippen LogP contribution in [0.15, 0.2) is 18.3 Å². The van der Waals surface area contributed by atoms with Crippen molar-refractivity contribution < 1.29 is 103 Å². The van der Waals surface area contributed by atoms with Crippen LogP contribution in [0.25, 0.3) is 0 Å². The van der Waals surface area contributed by atoms with Gasteiger partial charge in [-0.3, -0.25) is 14.4 Å². The van der Waals surface area contributed by atoms with Crippen LogP contribution < -0.4 is 16.0 Å². The van der Waals surface area contributed by atoms with Crippen molar-refractivity contribution in [3.63, 3.8) is 0 Å². The molecule has 0 bridgehead atoms. The van der Waals surface area contributed by atoms with E-state index in [9.17, 15) is 75.0 Å². The lowest BCUT2D eigenvalue weighted by molar-refractivity contribution is -0.366. The summed E-state index contributed by atoms with van der Waals surface area (Å²) >= 11 is 0. The van der Waals surface area contributed by atoms with Crippen LogP contribution in [0, 0.1) is 19.8 Å². The van der Waals surface area contributed by atoms with Gasteiger partial charge in [0.25, 0.3) is 11.7 Å². The third-order valence-corrected chi connectivity index (χ3v) is 14.4. The fourth-order valence-electron chi connectivity index (χ4n) is 9.86. The Morgan fingerprint density at radius 3 is 2.21 bits per heavy atom. The summed E-state index contributed by atoms with van der Waals surface area (Å²) in [6.07, 6.45) is -16.9. The average Bonchev–Trinajstić information content (AvgIpc) is 3.86. The third kappa shape index (κ3) is 15.0. The van der Waals surface area contributed by atoms with Gasteiger partial charge in [0, 0.05) is 55.9 Å². The van der Waals surface area contributed by atoms with Crippen LogP contribution in [0.3, 0.4) is 0 Å². The molecule has 6 rings (SSSR count). The number of phenols is 1. The number of nitrogens with zero attached hydrogens (tertiary/aromatic N) is 3. The summed E-state index contributed by atoms with van der Waals surface area (Å²) < 4.78 is 36.0. The number of aromatic nitrogens is 3. The first kappa shape index (κ1) is 60.4. The van der Waals surface area contributed by atoms with Gasteiger partial charge >= 0.3 is 5.97 Å². The largest absolute Gasteiger partial charge is 0.507 e. The predicted octanol–water partition coefficient (Wildman–Crippen LogP) is -2.97. The molecule has 4 aliphatic rings. The maximum Gasteiger partial charge on any atom is 0.364 e. The van der Waals surface area contributed by atoms with E-state index >= 15 is 0 Å². The minimum atomic E-state index is -2.84. The SMILES string of the molecule is CC(=O)CCCC(=O)NCCOC1OC(CO)C(OC2OC(CO[C@]3(C(=O)O)C[C@@H](O)C(NC(=O)Cn4cc(C5CCCCC5)nn4)C([C@H](C)[C@H](O)CNC(=O)c4cc(C)c(O)c(C)c4)O3)C(O)C(O)C2O)C(O)C1O. The van der Waals surface area contributed by atoms with Gasteiger partial charge in [-0.2, -0.15) is 0 Å². The standard InChI is InChI=1S/C49H74N6O21/c1-23-15-28(16-24(2)37(23)62)45(68)51-18-31(59)26(4)43-36(52-35(61)20-55-19-29(53-54-55)27-10-6-5-7-11-27)30(58)17-49(76-43,48(69)70)72-22-33-38(63)39(64)41(66)47(74-33)75-44-32(21-56)73-46(42(67)40(44)65)71-14-13-50-34(60)12-8-9-25(3)57/h15-16,19,26-27,30-33,36,38-44,46-47,56,58-59,62-67H,5-14,17-18,20-22H2,1-4H3,(H,50,60)(H,51,68)(H,52,61)(H,69,70)/t26-,30-,31-,32?,33?,36?,38?,39?,40?,41?,42?,43?,44?,46?,47?,49-/m1/s1. The molecule has 0 spiro atoms. The van der Waals surface area contributed by atoms with E-state index in [0.29, 0.717) is 17.5 Å². The molecule has 27 heteroatoms. The number of carboxylic acids is 1. The predicted molar refractivity (Wildman–Crippen MR) is 257 cm³/mol. The zero-order valence-electron chi connectivity index (χ0n) is 42.9. The van der Waals surface area contributed by atoms with Crippen LogP contribution in [0.2, 0.25) is 0 Å². The van der Waals surface area contributed by atoms with E-state index in [1.54, 1.807) is 20.0 Å². The molecule has 2 aromatic rings. The number of benzene rings is 1. The third-order valence-electron chi connectivity index (χ3n) is 14.4. The number of carbonyl (C=O) groups is 5. The molecule has 4 heterocycles. The van der Waals surface area contributed by atoms with Crippen molar-refractivity contribution in [1.29, 1.82) is 0 Å². The molecule has 1 saturated carbocycles. The lowest BCUT2D eigenvalue weighted by Gasteiger charge is -2.48. The first-order chi connectivity index (χ1) is 36.0. The lowest BCUT2D eigenvalue weighted by atomic mass is 9.84. The fraction of sp³-hybridized carbons (Fsp3) is 0.735. The minimum Gasteiger partial charge on any atom is -0.507 e. The molecule has 1 aliphatic carbocycles. The number of aryl methyl sites for hydroxylation is 2. The second-order valence-corrected chi connectivity index (χ2v) is 20.2. The highest BCUT2D eigenvalue weighted by atomic mass is 16.8. The number of aliphatic carboxylic acids is 1. The minimum absolute atomic E-state index is 0.0000678. The Balaban J connectivity index is 1.14. The molecular formula is C49H74N6O21. The quantitative estimate of drug-likeness (QED) is 0.0467. The summed E-state index contributed by atoms with van der Waals surface area (Å²) in [5, 5.41) is 126. The van der Waals surface area contributed by atoms with Crippen LogP contribution in [0.5, 0.6) is 5.75 Å². The Kier molecular flexibility index (Phi) is 21.6. The van der Waals surface area contributed by atoms with Crippen LogP contribution in [0.4, 0.5) is 0 Å². The molecule has 3 aliphatic heterocycles. The van der Waals surface area contributed by atoms with Crippen molar-refractivity contribution in [2.45, 2.75) is 189 Å². The normalized spacial score (nSPS) is 32.0. The van der Waals surface area contributed by atoms with Crippen LogP contribution in [0.1, 0.15) is 105 Å². The molecule has 1 aromatic heterocycles. The second kappa shape index (κ2) is 27.2. The molecule has 426 valence electrons. The van der Waals surface area contributed by atoms with E-state index in [4.69, 9.17) is 28.4 Å². The van der Waals surface area contributed by atoms with E-state index < -0.39 is 141 Å². The van der Waals surface area contributed by atoms with Gasteiger partial charge in [0.05, 0.1) is 49.9 Å². The summed E-state index contributed by atoms with van der Waals surface area (Å²) in [7, 11) is 0. The Bertz CT molecular complexity index is 2260. The summed E-state index contributed by atoms with van der Waals surface area (Å²) in [5.74, 6) is -7.43. The van der Waals surface area contributed by atoms with Gasteiger partial charge in [0.1, 0.15) is 66.9 Å². The van der Waals surface area contributed by atoms with Gasteiger partial charge in [-0.25, -0.2) is 9.48 Å². The Morgan fingerprint density at radius 1 is 0.882 bits per heavy atom. The van der Waals surface area contributed by atoms with Crippen LogP contribution in [-0.2, 0) is 54.1 Å². The fourth-order valence-corrected chi connectivity index (χ4v) is 9.86. The van der Waals surface area contributed by atoms with Crippen molar-refractivity contribution in [1.82, 2.24) is 30.9 Å². The van der Waals surface area contributed by atoms with Gasteiger partial charge < -0.3 is 100 Å². The highest BCUT2D eigenvalue weighted by Gasteiger charge is 2.57. The van der Waals surface area contributed by atoms with Gasteiger partial charge in [0.15, 0.2) is 12.6 Å². The Hall–Kier alpha value is -4.85. The number of carbonyl (C=O) groups excluding carboxylic acids is 4. The first-order valence-corrected chi connectivity index (χ1v) is 25.6. The first-order valence-electron chi connectivity index (χ1n) is 25.6. The molecule has 3 amide bonds. The van der Waals surface area contributed by atoms with Crippen LogP contribution in [-0.4, -0.2) is 220 Å². The maximum atomic E-state index is 13.7. The number of aromatic hydroxyl groups is 1. The van der Waals surface area contributed by atoms with E-state index in [0.717, 1.165) is 37.8 Å². The molecule has 76 heavy (non-hydrogen) atoms.